The molecule has 0 aliphatic rings. The first kappa shape index (κ1) is 13.0. The SMILES string of the molecule is CC(C)(C)CC(C)(C)C=CCCCl. The molecule has 0 aromatic heterocycles. The first-order valence-electron chi connectivity index (χ1n) is 5.00. The van der Waals surface area contributed by atoms with Crippen LogP contribution in [0.1, 0.15) is 47.5 Å². The first-order valence-corrected chi connectivity index (χ1v) is 5.54. The number of hydrogen-bond acceptors (Lipinski definition) is 0. The quantitative estimate of drug-likeness (QED) is 0.461. The second-order valence-electron chi connectivity index (χ2n) is 5.61. The van der Waals surface area contributed by atoms with Crippen LogP contribution in [0.2, 0.25) is 0 Å². The van der Waals surface area contributed by atoms with Gasteiger partial charge < -0.3 is 0 Å². The second-order valence-corrected chi connectivity index (χ2v) is 5.98. The van der Waals surface area contributed by atoms with E-state index in [-0.39, 0.29) is 0 Å². The topological polar surface area (TPSA) is 0 Å². The minimum Gasteiger partial charge on any atom is -0.126 e. The lowest BCUT2D eigenvalue weighted by Gasteiger charge is -2.29. The number of hydrogen-bond donors (Lipinski definition) is 0. The van der Waals surface area contributed by atoms with Gasteiger partial charge in [0.05, 0.1) is 0 Å². The molecule has 0 N–H and O–H groups in total. The summed E-state index contributed by atoms with van der Waals surface area (Å²) in [7, 11) is 0. The molecule has 78 valence electrons. The molecular weight excluding hydrogens is 180 g/mol. The van der Waals surface area contributed by atoms with Gasteiger partial charge in [-0.2, -0.15) is 0 Å². The van der Waals surface area contributed by atoms with Gasteiger partial charge in [0, 0.05) is 5.88 Å². The van der Waals surface area contributed by atoms with Gasteiger partial charge >= 0.3 is 0 Å². The Morgan fingerprint density at radius 3 is 2.00 bits per heavy atom. The van der Waals surface area contributed by atoms with Crippen LogP contribution in [0.15, 0.2) is 12.2 Å². The predicted molar refractivity (Wildman–Crippen MR) is 62.3 cm³/mol. The summed E-state index contributed by atoms with van der Waals surface area (Å²) in [5.41, 5.74) is 0.694. The van der Waals surface area contributed by atoms with Crippen LogP contribution in [0.4, 0.5) is 0 Å². The van der Waals surface area contributed by atoms with Crippen molar-refractivity contribution in [3.05, 3.63) is 12.2 Å². The van der Waals surface area contributed by atoms with Crippen LogP contribution in [0, 0.1) is 10.8 Å². The molecule has 0 aromatic rings. The molecule has 0 aliphatic carbocycles. The lowest BCUT2D eigenvalue weighted by atomic mass is 9.76. The molecular formula is C12H23Cl. The summed E-state index contributed by atoms with van der Waals surface area (Å²) in [6.07, 6.45) is 6.67. The maximum absolute atomic E-state index is 5.61. The average molecular weight is 203 g/mol. The Labute approximate surface area is 88.4 Å². The molecule has 0 radical (unpaired) electrons. The zero-order chi connectivity index (χ0) is 10.5. The number of alkyl halides is 1. The number of allylic oxidation sites excluding steroid dienone is 2. The van der Waals surface area contributed by atoms with E-state index in [2.05, 4.69) is 46.8 Å². The fourth-order valence-corrected chi connectivity index (χ4v) is 2.02. The monoisotopic (exact) mass is 202 g/mol. The molecule has 0 amide bonds. The molecule has 13 heavy (non-hydrogen) atoms. The highest BCUT2D eigenvalue weighted by atomic mass is 35.5. The van der Waals surface area contributed by atoms with E-state index in [9.17, 15) is 0 Å². The van der Waals surface area contributed by atoms with Crippen molar-refractivity contribution in [2.75, 3.05) is 5.88 Å². The zero-order valence-corrected chi connectivity index (χ0v) is 10.4. The van der Waals surface area contributed by atoms with Gasteiger partial charge in [-0.25, -0.2) is 0 Å². The second kappa shape index (κ2) is 5.05. The lowest BCUT2D eigenvalue weighted by Crippen LogP contribution is -2.18. The fourth-order valence-electron chi connectivity index (χ4n) is 1.89. The molecule has 0 heterocycles. The van der Waals surface area contributed by atoms with Gasteiger partial charge in [0.15, 0.2) is 0 Å². The summed E-state index contributed by atoms with van der Waals surface area (Å²) in [4.78, 5) is 0. The summed E-state index contributed by atoms with van der Waals surface area (Å²) in [6, 6.07) is 0. The molecule has 0 nitrogen and oxygen atoms in total. The van der Waals surface area contributed by atoms with Gasteiger partial charge in [0.1, 0.15) is 0 Å². The Morgan fingerprint density at radius 1 is 1.08 bits per heavy atom. The maximum atomic E-state index is 5.61. The highest BCUT2D eigenvalue weighted by Crippen LogP contribution is 2.34. The normalized spacial score (nSPS) is 14.0. The van der Waals surface area contributed by atoms with Gasteiger partial charge in [-0.05, 0) is 23.7 Å². The average Bonchev–Trinajstić information content (AvgIpc) is 1.81. The third-order valence-electron chi connectivity index (χ3n) is 1.83. The van der Waals surface area contributed by atoms with Crippen LogP contribution in [-0.2, 0) is 0 Å². The Hall–Kier alpha value is 0.0300. The molecule has 0 aromatic carbocycles. The molecule has 0 rings (SSSR count). The third kappa shape index (κ3) is 8.36. The maximum Gasteiger partial charge on any atom is 0.0258 e. The summed E-state index contributed by atoms with van der Waals surface area (Å²) >= 11 is 5.61. The van der Waals surface area contributed by atoms with E-state index >= 15 is 0 Å². The van der Waals surface area contributed by atoms with Crippen LogP contribution in [0.25, 0.3) is 0 Å². The standard InChI is InChI=1S/C12H23Cl/c1-11(2,3)10-12(4,5)8-6-7-9-13/h6,8H,7,9-10H2,1-5H3. The zero-order valence-electron chi connectivity index (χ0n) is 9.65. The molecule has 0 bridgehead atoms. The first-order chi connectivity index (χ1) is 5.77. The highest BCUT2D eigenvalue weighted by molar-refractivity contribution is 6.17. The Bertz CT molecular complexity index is 160. The fraction of sp³-hybridized carbons (Fsp3) is 0.833. The molecule has 0 aliphatic heterocycles. The molecule has 0 spiro atoms. The highest BCUT2D eigenvalue weighted by Gasteiger charge is 2.22. The summed E-state index contributed by atoms with van der Waals surface area (Å²) in [5, 5.41) is 0. The largest absolute Gasteiger partial charge is 0.126 e. The molecule has 0 fully saturated rings. The number of rotatable bonds is 4. The van der Waals surface area contributed by atoms with Gasteiger partial charge in [-0.3, -0.25) is 0 Å². The molecule has 1 heteroatoms. The van der Waals surface area contributed by atoms with Crippen molar-refractivity contribution in [2.45, 2.75) is 47.5 Å². The van der Waals surface area contributed by atoms with Crippen molar-refractivity contribution in [1.29, 1.82) is 0 Å². The Balaban J connectivity index is 4.08. The van der Waals surface area contributed by atoms with Crippen molar-refractivity contribution in [1.82, 2.24) is 0 Å². The van der Waals surface area contributed by atoms with E-state index in [0.29, 0.717) is 10.8 Å². The molecule has 0 saturated heterocycles. The van der Waals surface area contributed by atoms with Crippen molar-refractivity contribution in [3.8, 4) is 0 Å². The van der Waals surface area contributed by atoms with Gasteiger partial charge in [0.25, 0.3) is 0 Å². The minimum absolute atomic E-state index is 0.296. The van der Waals surface area contributed by atoms with Crippen molar-refractivity contribution in [3.63, 3.8) is 0 Å². The minimum atomic E-state index is 0.296. The van der Waals surface area contributed by atoms with Crippen LogP contribution >= 0.6 is 11.6 Å². The summed E-state index contributed by atoms with van der Waals surface area (Å²) in [5.74, 6) is 0.724. The van der Waals surface area contributed by atoms with Crippen molar-refractivity contribution in [2.24, 2.45) is 10.8 Å². The summed E-state index contributed by atoms with van der Waals surface area (Å²) < 4.78 is 0. The van der Waals surface area contributed by atoms with Crippen LogP contribution < -0.4 is 0 Å². The van der Waals surface area contributed by atoms with E-state index in [1.165, 1.54) is 6.42 Å². The van der Waals surface area contributed by atoms with Gasteiger partial charge in [0.2, 0.25) is 0 Å². The van der Waals surface area contributed by atoms with Crippen molar-refractivity contribution < 1.29 is 0 Å². The van der Waals surface area contributed by atoms with Crippen LogP contribution in [0.5, 0.6) is 0 Å². The van der Waals surface area contributed by atoms with E-state index < -0.39 is 0 Å². The van der Waals surface area contributed by atoms with Gasteiger partial charge in [-0.15, -0.1) is 11.6 Å². The van der Waals surface area contributed by atoms with E-state index in [1.807, 2.05) is 0 Å². The van der Waals surface area contributed by atoms with E-state index in [1.54, 1.807) is 0 Å². The number of halogens is 1. The molecule has 0 unspecified atom stereocenters. The van der Waals surface area contributed by atoms with Crippen molar-refractivity contribution >= 4 is 11.6 Å². The molecule has 0 atom stereocenters. The predicted octanol–water partition coefficient (Wildman–Crippen LogP) is 4.63. The van der Waals surface area contributed by atoms with Crippen LogP contribution in [-0.4, -0.2) is 5.88 Å². The molecule has 0 saturated carbocycles. The Kier molecular flexibility index (Phi) is 5.06. The Morgan fingerprint density at radius 2 is 1.62 bits per heavy atom. The third-order valence-corrected chi connectivity index (χ3v) is 2.05. The summed E-state index contributed by atoms with van der Waals surface area (Å²) in [6.45, 7) is 11.4. The van der Waals surface area contributed by atoms with Gasteiger partial charge in [-0.1, -0.05) is 46.8 Å². The van der Waals surface area contributed by atoms with E-state index in [4.69, 9.17) is 11.6 Å². The smallest absolute Gasteiger partial charge is 0.0258 e. The lowest BCUT2D eigenvalue weighted by molar-refractivity contribution is 0.262. The van der Waals surface area contributed by atoms with Crippen LogP contribution in [0.3, 0.4) is 0 Å². The van der Waals surface area contributed by atoms with E-state index in [0.717, 1.165) is 12.3 Å².